The second kappa shape index (κ2) is 7.99. The molecule has 2 rings (SSSR count). The van der Waals surface area contributed by atoms with E-state index in [2.05, 4.69) is 19.2 Å². The highest BCUT2D eigenvalue weighted by atomic mass is 16.5. The monoisotopic (exact) mass is 319 g/mol. The van der Waals surface area contributed by atoms with Gasteiger partial charge in [-0.1, -0.05) is 26.7 Å². The van der Waals surface area contributed by atoms with Crippen LogP contribution in [-0.2, 0) is 9.53 Å². The molecule has 0 spiro atoms. The molecule has 0 aliphatic heterocycles. The fourth-order valence-corrected chi connectivity index (χ4v) is 2.98. The van der Waals surface area contributed by atoms with E-state index in [-0.39, 0.29) is 18.6 Å². The minimum atomic E-state index is -0.507. The van der Waals surface area contributed by atoms with E-state index < -0.39 is 5.97 Å². The molecule has 126 valence electrons. The Hall–Kier alpha value is -2.04. The number of rotatable bonds is 5. The van der Waals surface area contributed by atoms with Gasteiger partial charge in [-0.2, -0.15) is 0 Å². The van der Waals surface area contributed by atoms with Gasteiger partial charge in [0.2, 0.25) is 0 Å². The Kier molecular flexibility index (Phi) is 6.02. The number of carbonyl (C=O) groups excluding carboxylic acids is 2. The Balaban J connectivity index is 1.80. The first-order valence-corrected chi connectivity index (χ1v) is 8.11. The Morgan fingerprint density at radius 1 is 1.17 bits per heavy atom. The molecule has 1 amide bonds. The summed E-state index contributed by atoms with van der Waals surface area (Å²) in [5.74, 6) is 0.978. The number of nitrogens with one attached hydrogen (secondary N) is 1. The Labute approximate surface area is 137 Å². The van der Waals surface area contributed by atoms with E-state index in [1.165, 1.54) is 6.42 Å². The van der Waals surface area contributed by atoms with Crippen molar-refractivity contribution in [2.45, 2.75) is 39.2 Å². The molecular formula is C18H25NO4. The number of benzene rings is 1. The topological polar surface area (TPSA) is 64.6 Å². The highest BCUT2D eigenvalue weighted by Gasteiger charge is 2.28. The third-order valence-corrected chi connectivity index (χ3v) is 4.71. The molecule has 0 unspecified atom stereocenters. The zero-order chi connectivity index (χ0) is 16.8. The van der Waals surface area contributed by atoms with Crippen LogP contribution in [0, 0.1) is 11.8 Å². The van der Waals surface area contributed by atoms with Crippen molar-refractivity contribution in [3.8, 4) is 5.75 Å². The molecule has 23 heavy (non-hydrogen) atoms. The van der Waals surface area contributed by atoms with Crippen molar-refractivity contribution >= 4 is 11.9 Å². The van der Waals surface area contributed by atoms with Crippen molar-refractivity contribution in [3.63, 3.8) is 0 Å². The number of esters is 1. The summed E-state index contributed by atoms with van der Waals surface area (Å²) in [4.78, 5) is 23.9. The van der Waals surface area contributed by atoms with Crippen LogP contribution in [0.15, 0.2) is 24.3 Å². The van der Waals surface area contributed by atoms with Gasteiger partial charge in [0.1, 0.15) is 5.75 Å². The average molecular weight is 319 g/mol. The standard InChI is InChI=1S/C18H25NO4/c1-12-5-4-6-16(13(12)2)19-17(20)11-23-18(21)14-7-9-15(22-3)10-8-14/h7-10,12-13,16H,4-6,11H2,1-3H3,(H,19,20)/t12-,13+,16-/m0/s1. The third kappa shape index (κ3) is 4.71. The molecule has 3 atom stereocenters. The van der Waals surface area contributed by atoms with Gasteiger partial charge in [0, 0.05) is 6.04 Å². The molecule has 0 radical (unpaired) electrons. The lowest BCUT2D eigenvalue weighted by atomic mass is 9.78. The fourth-order valence-electron chi connectivity index (χ4n) is 2.98. The molecule has 5 nitrogen and oxygen atoms in total. The molecule has 1 saturated carbocycles. The Morgan fingerprint density at radius 3 is 2.52 bits per heavy atom. The normalized spacial score (nSPS) is 23.9. The molecule has 0 heterocycles. The molecule has 0 saturated heterocycles. The second-order valence-corrected chi connectivity index (χ2v) is 6.25. The van der Waals surface area contributed by atoms with Crippen LogP contribution in [0.1, 0.15) is 43.5 Å². The minimum Gasteiger partial charge on any atom is -0.497 e. The largest absolute Gasteiger partial charge is 0.497 e. The smallest absolute Gasteiger partial charge is 0.338 e. The first kappa shape index (κ1) is 17.3. The van der Waals surface area contributed by atoms with Gasteiger partial charge in [0.15, 0.2) is 6.61 Å². The highest BCUT2D eigenvalue weighted by Crippen LogP contribution is 2.29. The van der Waals surface area contributed by atoms with Crippen LogP contribution in [0.4, 0.5) is 0 Å². The molecule has 0 bridgehead atoms. The number of hydrogen-bond donors (Lipinski definition) is 1. The van der Waals surface area contributed by atoms with Crippen molar-refractivity contribution < 1.29 is 19.1 Å². The van der Waals surface area contributed by atoms with E-state index in [0.717, 1.165) is 12.8 Å². The summed E-state index contributed by atoms with van der Waals surface area (Å²) < 4.78 is 10.1. The van der Waals surface area contributed by atoms with Gasteiger partial charge in [-0.05, 0) is 42.5 Å². The Bertz CT molecular complexity index is 540. The third-order valence-electron chi connectivity index (χ3n) is 4.71. The van der Waals surface area contributed by atoms with Gasteiger partial charge in [-0.3, -0.25) is 4.79 Å². The van der Waals surface area contributed by atoms with E-state index in [1.807, 2.05) is 0 Å². The molecule has 1 aromatic carbocycles. The van der Waals surface area contributed by atoms with Crippen molar-refractivity contribution in [1.29, 1.82) is 0 Å². The summed E-state index contributed by atoms with van der Waals surface area (Å²) >= 11 is 0. The van der Waals surface area contributed by atoms with Gasteiger partial charge in [0.05, 0.1) is 12.7 Å². The van der Waals surface area contributed by atoms with Crippen LogP contribution in [-0.4, -0.2) is 31.6 Å². The molecule has 1 aliphatic carbocycles. The van der Waals surface area contributed by atoms with Crippen molar-refractivity contribution in [1.82, 2.24) is 5.32 Å². The van der Waals surface area contributed by atoms with Crippen LogP contribution < -0.4 is 10.1 Å². The summed E-state index contributed by atoms with van der Waals surface area (Å²) in [5, 5.41) is 2.99. The molecule has 1 fully saturated rings. The summed E-state index contributed by atoms with van der Waals surface area (Å²) in [5.41, 5.74) is 0.401. The molecule has 1 aliphatic rings. The van der Waals surface area contributed by atoms with Crippen LogP contribution in [0.3, 0.4) is 0 Å². The quantitative estimate of drug-likeness (QED) is 0.848. The maximum absolute atomic E-state index is 12.0. The zero-order valence-electron chi connectivity index (χ0n) is 14.0. The molecule has 0 aromatic heterocycles. The molecule has 1 N–H and O–H groups in total. The van der Waals surface area contributed by atoms with E-state index in [4.69, 9.17) is 9.47 Å². The van der Waals surface area contributed by atoms with Gasteiger partial charge in [-0.25, -0.2) is 4.79 Å². The summed E-state index contributed by atoms with van der Waals surface area (Å²) in [7, 11) is 1.56. The SMILES string of the molecule is COc1ccc(C(=O)OCC(=O)N[C@H]2CCC[C@H](C)[C@H]2C)cc1. The predicted molar refractivity (Wildman–Crippen MR) is 87.4 cm³/mol. The highest BCUT2D eigenvalue weighted by molar-refractivity contribution is 5.91. The number of hydrogen-bond acceptors (Lipinski definition) is 4. The van der Waals surface area contributed by atoms with Gasteiger partial charge < -0.3 is 14.8 Å². The maximum Gasteiger partial charge on any atom is 0.338 e. The molecular weight excluding hydrogens is 294 g/mol. The van der Waals surface area contributed by atoms with Crippen LogP contribution in [0.25, 0.3) is 0 Å². The lowest BCUT2D eigenvalue weighted by molar-refractivity contribution is -0.125. The Morgan fingerprint density at radius 2 is 1.87 bits per heavy atom. The van der Waals surface area contributed by atoms with Crippen molar-refractivity contribution in [2.75, 3.05) is 13.7 Å². The van der Waals surface area contributed by atoms with Crippen LogP contribution >= 0.6 is 0 Å². The summed E-state index contributed by atoms with van der Waals surface area (Å²) in [6.45, 7) is 4.13. The van der Waals surface area contributed by atoms with Crippen molar-refractivity contribution in [2.24, 2.45) is 11.8 Å². The second-order valence-electron chi connectivity index (χ2n) is 6.25. The van der Waals surface area contributed by atoms with Crippen LogP contribution in [0.2, 0.25) is 0 Å². The van der Waals surface area contributed by atoms with Crippen molar-refractivity contribution in [3.05, 3.63) is 29.8 Å². The first-order chi connectivity index (χ1) is 11.0. The van der Waals surface area contributed by atoms with Gasteiger partial charge in [-0.15, -0.1) is 0 Å². The molecule has 5 heteroatoms. The lowest BCUT2D eigenvalue weighted by Gasteiger charge is -2.34. The predicted octanol–water partition coefficient (Wildman–Crippen LogP) is 2.79. The minimum absolute atomic E-state index is 0.172. The van der Waals surface area contributed by atoms with E-state index in [1.54, 1.807) is 31.4 Å². The number of ether oxygens (including phenoxy) is 2. The first-order valence-electron chi connectivity index (χ1n) is 8.11. The zero-order valence-corrected chi connectivity index (χ0v) is 14.0. The fraction of sp³-hybridized carbons (Fsp3) is 0.556. The average Bonchev–Trinajstić information content (AvgIpc) is 2.57. The van der Waals surface area contributed by atoms with Gasteiger partial charge >= 0.3 is 5.97 Å². The number of methoxy groups -OCH3 is 1. The maximum atomic E-state index is 12.0. The number of amides is 1. The van der Waals surface area contributed by atoms with E-state index >= 15 is 0 Å². The van der Waals surface area contributed by atoms with E-state index in [0.29, 0.717) is 23.1 Å². The van der Waals surface area contributed by atoms with E-state index in [9.17, 15) is 9.59 Å². The number of carbonyl (C=O) groups is 2. The van der Waals surface area contributed by atoms with Crippen LogP contribution in [0.5, 0.6) is 5.75 Å². The summed E-state index contributed by atoms with van der Waals surface area (Å²) in [6, 6.07) is 6.77. The van der Waals surface area contributed by atoms with Gasteiger partial charge in [0.25, 0.3) is 5.91 Å². The lowest BCUT2D eigenvalue weighted by Crippen LogP contribution is -2.45. The molecule has 1 aromatic rings. The summed E-state index contributed by atoms with van der Waals surface area (Å²) in [6.07, 6.45) is 3.33.